The third-order valence-electron chi connectivity index (χ3n) is 5.38. The van der Waals surface area contributed by atoms with Crippen LogP contribution >= 0.6 is 0 Å². The van der Waals surface area contributed by atoms with E-state index in [1.807, 2.05) is 31.2 Å². The number of hydrogen-bond acceptors (Lipinski definition) is 4. The fourth-order valence-corrected chi connectivity index (χ4v) is 4.96. The molecule has 0 amide bonds. The van der Waals surface area contributed by atoms with E-state index < -0.39 is 10.0 Å². The Morgan fingerprint density at radius 3 is 2.43 bits per heavy atom. The lowest BCUT2D eigenvalue weighted by Gasteiger charge is -2.29. The van der Waals surface area contributed by atoms with E-state index in [0.717, 1.165) is 24.0 Å². The Hall–Kier alpha value is -2.45. The Balaban J connectivity index is 1.66. The van der Waals surface area contributed by atoms with Crippen molar-refractivity contribution in [1.29, 1.82) is 0 Å². The van der Waals surface area contributed by atoms with Gasteiger partial charge < -0.3 is 0 Å². The van der Waals surface area contributed by atoms with E-state index in [0.29, 0.717) is 31.2 Å². The summed E-state index contributed by atoms with van der Waals surface area (Å²) in [7, 11) is -3.61. The van der Waals surface area contributed by atoms with E-state index >= 15 is 0 Å². The Bertz CT molecular complexity index is 1150. The molecule has 0 bridgehead atoms. The van der Waals surface area contributed by atoms with Gasteiger partial charge in [-0.1, -0.05) is 36.8 Å². The van der Waals surface area contributed by atoms with Crippen LogP contribution in [0, 0.1) is 12.8 Å². The Labute approximate surface area is 164 Å². The van der Waals surface area contributed by atoms with E-state index in [9.17, 15) is 13.2 Å². The van der Waals surface area contributed by atoms with E-state index in [1.54, 1.807) is 6.07 Å². The van der Waals surface area contributed by atoms with Gasteiger partial charge in [-0.3, -0.25) is 0 Å². The molecule has 1 aliphatic rings. The van der Waals surface area contributed by atoms with Gasteiger partial charge in [-0.15, -0.1) is 5.10 Å². The average molecular weight is 401 g/mol. The second-order valence-electron chi connectivity index (χ2n) is 7.61. The smallest absolute Gasteiger partial charge is 0.249 e. The number of sulfonamides is 1. The molecular formula is C20H24N4O3S. The molecule has 0 spiro atoms. The van der Waals surface area contributed by atoms with Gasteiger partial charge in [-0.25, -0.2) is 22.3 Å². The van der Waals surface area contributed by atoms with Crippen LogP contribution in [0.25, 0.3) is 5.65 Å². The minimum Gasteiger partial charge on any atom is -0.249 e. The number of rotatable bonds is 4. The number of piperidine rings is 1. The molecule has 28 heavy (non-hydrogen) atoms. The van der Waals surface area contributed by atoms with Crippen LogP contribution < -0.4 is 5.69 Å². The molecule has 3 heterocycles. The molecule has 0 radical (unpaired) electrons. The van der Waals surface area contributed by atoms with Crippen molar-refractivity contribution < 1.29 is 8.42 Å². The lowest BCUT2D eigenvalue weighted by atomic mass is 10.0. The van der Waals surface area contributed by atoms with E-state index in [2.05, 4.69) is 12.0 Å². The van der Waals surface area contributed by atoms with Gasteiger partial charge in [-0.2, -0.15) is 4.31 Å². The number of fused-ring (bicyclic) bond motifs is 1. The second kappa shape index (κ2) is 7.18. The summed E-state index contributed by atoms with van der Waals surface area (Å²) in [5.74, 6) is 0.538. The zero-order chi connectivity index (χ0) is 19.9. The van der Waals surface area contributed by atoms with Crippen molar-refractivity contribution in [3.63, 3.8) is 0 Å². The van der Waals surface area contributed by atoms with E-state index in [4.69, 9.17) is 0 Å². The quantitative estimate of drug-likeness (QED) is 0.673. The maximum atomic E-state index is 13.0. The summed E-state index contributed by atoms with van der Waals surface area (Å²) in [6.07, 6.45) is 3.11. The summed E-state index contributed by atoms with van der Waals surface area (Å²) in [5, 5.41) is 4.33. The van der Waals surface area contributed by atoms with Crippen molar-refractivity contribution in [2.24, 2.45) is 5.92 Å². The third kappa shape index (κ3) is 3.49. The lowest BCUT2D eigenvalue weighted by Crippen LogP contribution is -2.38. The summed E-state index contributed by atoms with van der Waals surface area (Å²) in [4.78, 5) is 12.9. The number of aryl methyl sites for hydroxylation is 1. The fraction of sp³-hybridized carbons (Fsp3) is 0.400. The maximum Gasteiger partial charge on any atom is 0.350 e. The van der Waals surface area contributed by atoms with Crippen LogP contribution in [-0.4, -0.2) is 40.0 Å². The molecule has 3 aromatic rings. The van der Waals surface area contributed by atoms with Crippen LogP contribution in [0.1, 0.15) is 30.9 Å². The highest BCUT2D eigenvalue weighted by Gasteiger charge is 2.28. The molecular weight excluding hydrogens is 376 g/mol. The highest BCUT2D eigenvalue weighted by atomic mass is 32.2. The molecule has 0 atom stereocenters. The summed E-state index contributed by atoms with van der Waals surface area (Å²) >= 11 is 0. The highest BCUT2D eigenvalue weighted by Crippen LogP contribution is 2.23. The van der Waals surface area contributed by atoms with Crippen molar-refractivity contribution >= 4 is 15.7 Å². The van der Waals surface area contributed by atoms with Crippen molar-refractivity contribution in [3.05, 3.63) is 64.2 Å². The van der Waals surface area contributed by atoms with Crippen molar-refractivity contribution in [3.8, 4) is 0 Å². The first kappa shape index (κ1) is 18.9. The zero-order valence-electron chi connectivity index (χ0n) is 16.1. The van der Waals surface area contributed by atoms with Crippen LogP contribution in [-0.2, 0) is 16.6 Å². The molecule has 0 saturated carbocycles. The number of benzene rings is 1. The minimum atomic E-state index is -3.61. The highest BCUT2D eigenvalue weighted by molar-refractivity contribution is 7.89. The molecule has 1 aliphatic heterocycles. The Morgan fingerprint density at radius 1 is 1.07 bits per heavy atom. The monoisotopic (exact) mass is 400 g/mol. The van der Waals surface area contributed by atoms with Crippen LogP contribution in [0.15, 0.2) is 52.3 Å². The summed E-state index contributed by atoms with van der Waals surface area (Å²) in [6, 6.07) is 11.0. The van der Waals surface area contributed by atoms with Crippen LogP contribution in [0.3, 0.4) is 0 Å². The van der Waals surface area contributed by atoms with Gasteiger partial charge in [0.05, 0.1) is 11.4 Å². The summed E-state index contributed by atoms with van der Waals surface area (Å²) < 4.78 is 30.1. The van der Waals surface area contributed by atoms with Gasteiger partial charge in [0, 0.05) is 19.3 Å². The summed E-state index contributed by atoms with van der Waals surface area (Å²) in [5.41, 5.74) is 2.20. The van der Waals surface area contributed by atoms with Crippen molar-refractivity contribution in [2.45, 2.75) is 38.1 Å². The van der Waals surface area contributed by atoms with Crippen molar-refractivity contribution in [1.82, 2.24) is 18.5 Å². The van der Waals surface area contributed by atoms with Gasteiger partial charge in [0.25, 0.3) is 0 Å². The predicted molar refractivity (Wildman–Crippen MR) is 107 cm³/mol. The van der Waals surface area contributed by atoms with Gasteiger partial charge in [-0.05, 0) is 43.4 Å². The first-order chi connectivity index (χ1) is 13.3. The molecule has 8 heteroatoms. The van der Waals surface area contributed by atoms with E-state index in [1.165, 1.54) is 25.7 Å². The average Bonchev–Trinajstić information content (AvgIpc) is 2.99. The number of nitrogens with zero attached hydrogens (tertiary/aromatic N) is 4. The predicted octanol–water partition coefficient (Wildman–Crippen LogP) is 2.27. The molecule has 1 aromatic carbocycles. The molecule has 1 saturated heterocycles. The first-order valence-corrected chi connectivity index (χ1v) is 10.9. The number of pyridine rings is 1. The van der Waals surface area contributed by atoms with Gasteiger partial charge in [0.2, 0.25) is 10.0 Å². The lowest BCUT2D eigenvalue weighted by molar-refractivity contribution is 0.288. The van der Waals surface area contributed by atoms with Gasteiger partial charge >= 0.3 is 5.69 Å². The molecule has 0 aliphatic carbocycles. The molecule has 4 rings (SSSR count). The molecule has 2 aromatic heterocycles. The maximum absolute atomic E-state index is 13.0. The SMILES string of the molecule is Cc1ccc(Cn2nc3ccc(S(=O)(=O)N4CCC(C)CC4)cn3c2=O)cc1. The van der Waals surface area contributed by atoms with Gasteiger partial charge in [0.15, 0.2) is 5.65 Å². The zero-order valence-corrected chi connectivity index (χ0v) is 16.9. The third-order valence-corrected chi connectivity index (χ3v) is 7.27. The van der Waals surface area contributed by atoms with E-state index in [-0.39, 0.29) is 10.6 Å². The van der Waals surface area contributed by atoms with Crippen LogP contribution in [0.2, 0.25) is 0 Å². The summed E-state index contributed by atoms with van der Waals surface area (Å²) in [6.45, 7) is 5.52. The largest absolute Gasteiger partial charge is 0.350 e. The molecule has 7 nitrogen and oxygen atoms in total. The fourth-order valence-electron chi connectivity index (χ4n) is 3.50. The second-order valence-corrected chi connectivity index (χ2v) is 9.54. The molecule has 0 N–H and O–H groups in total. The first-order valence-electron chi connectivity index (χ1n) is 9.49. The normalized spacial score (nSPS) is 16.6. The minimum absolute atomic E-state index is 0.131. The molecule has 1 fully saturated rings. The number of aromatic nitrogens is 3. The van der Waals surface area contributed by atoms with Crippen LogP contribution in [0.4, 0.5) is 0 Å². The van der Waals surface area contributed by atoms with Gasteiger partial charge in [0.1, 0.15) is 0 Å². The number of hydrogen-bond donors (Lipinski definition) is 0. The Morgan fingerprint density at radius 2 is 1.75 bits per heavy atom. The van der Waals surface area contributed by atoms with Crippen molar-refractivity contribution in [2.75, 3.05) is 13.1 Å². The molecule has 0 unspecified atom stereocenters. The Kier molecular flexibility index (Phi) is 4.84. The standard InChI is InChI=1S/C20H24N4O3S/c1-15-3-5-17(6-4-15)13-24-20(25)23-14-18(7-8-19(23)21-24)28(26,27)22-11-9-16(2)10-12-22/h3-8,14,16H,9-13H2,1-2H3. The van der Waals surface area contributed by atoms with Crippen LogP contribution in [0.5, 0.6) is 0 Å². The molecule has 148 valence electrons. The topological polar surface area (TPSA) is 76.7 Å².